The second kappa shape index (κ2) is 7.42. The van der Waals surface area contributed by atoms with Gasteiger partial charge in [0.2, 0.25) is 0 Å². The van der Waals surface area contributed by atoms with Crippen LogP contribution in [0.5, 0.6) is 0 Å². The molecule has 0 spiro atoms. The van der Waals surface area contributed by atoms with E-state index in [-0.39, 0.29) is 12.1 Å². The molecule has 0 atom stereocenters. The van der Waals surface area contributed by atoms with Crippen molar-refractivity contribution in [3.8, 4) is 0 Å². The third-order valence-electron chi connectivity index (χ3n) is 3.51. The topological polar surface area (TPSA) is 54.5 Å². The molecule has 0 aromatic carbocycles. The number of carbonyl (C=O) groups is 1. The summed E-state index contributed by atoms with van der Waals surface area (Å²) in [6, 6.07) is 4.29. The van der Waals surface area contributed by atoms with Crippen LogP contribution in [0.3, 0.4) is 0 Å². The number of hydrogen-bond donors (Lipinski definition) is 1. The Morgan fingerprint density at radius 2 is 2.14 bits per heavy atom. The largest absolute Gasteiger partial charge is 0.444 e. The number of carbonyl (C=O) groups excluding carboxylic acids is 1. The first-order chi connectivity index (χ1) is 10.3. The van der Waals surface area contributed by atoms with E-state index in [0.717, 1.165) is 37.1 Å². The van der Waals surface area contributed by atoms with Gasteiger partial charge in [0.25, 0.3) is 0 Å². The van der Waals surface area contributed by atoms with E-state index < -0.39 is 5.60 Å². The molecule has 2 rings (SSSR count). The molecule has 22 heavy (non-hydrogen) atoms. The molecule has 2 heterocycles. The molecular formula is C16H24BrN3O2. The van der Waals surface area contributed by atoms with Gasteiger partial charge in [0.1, 0.15) is 10.2 Å². The van der Waals surface area contributed by atoms with Gasteiger partial charge in [-0.25, -0.2) is 9.78 Å². The summed E-state index contributed by atoms with van der Waals surface area (Å²) < 4.78 is 6.17. The quantitative estimate of drug-likeness (QED) is 0.830. The monoisotopic (exact) mass is 369 g/mol. The Morgan fingerprint density at radius 3 is 2.73 bits per heavy atom. The van der Waals surface area contributed by atoms with Crippen molar-refractivity contribution in [3.63, 3.8) is 0 Å². The fourth-order valence-corrected chi connectivity index (χ4v) is 2.92. The van der Waals surface area contributed by atoms with Gasteiger partial charge >= 0.3 is 6.09 Å². The fourth-order valence-electron chi connectivity index (χ4n) is 2.51. The molecule has 0 unspecified atom stereocenters. The summed E-state index contributed by atoms with van der Waals surface area (Å²) in [7, 11) is 0. The summed E-state index contributed by atoms with van der Waals surface area (Å²) in [5.41, 5.74) is 0.805. The predicted octanol–water partition coefficient (Wildman–Crippen LogP) is 3.33. The van der Waals surface area contributed by atoms with E-state index in [1.165, 1.54) is 5.56 Å². The third-order valence-corrected chi connectivity index (χ3v) is 3.94. The minimum absolute atomic E-state index is 0.204. The van der Waals surface area contributed by atoms with Gasteiger partial charge in [0.15, 0.2) is 0 Å². The van der Waals surface area contributed by atoms with E-state index in [1.54, 1.807) is 0 Å². The Hall–Kier alpha value is -1.14. The minimum Gasteiger partial charge on any atom is -0.444 e. The zero-order valence-corrected chi connectivity index (χ0v) is 15.0. The molecule has 1 fully saturated rings. The Balaban J connectivity index is 1.75. The maximum Gasteiger partial charge on any atom is 0.407 e. The zero-order chi connectivity index (χ0) is 16.2. The molecule has 1 aromatic heterocycles. The summed E-state index contributed by atoms with van der Waals surface area (Å²) in [5.74, 6) is 0. The molecule has 0 bridgehead atoms. The van der Waals surface area contributed by atoms with E-state index >= 15 is 0 Å². The highest BCUT2D eigenvalue weighted by molar-refractivity contribution is 9.10. The molecule has 1 saturated heterocycles. The van der Waals surface area contributed by atoms with E-state index in [1.807, 2.05) is 39.1 Å². The highest BCUT2D eigenvalue weighted by Gasteiger charge is 2.23. The highest BCUT2D eigenvalue weighted by atomic mass is 79.9. The smallest absolute Gasteiger partial charge is 0.407 e. The van der Waals surface area contributed by atoms with Crippen LogP contribution >= 0.6 is 15.9 Å². The van der Waals surface area contributed by atoms with Gasteiger partial charge in [-0.3, -0.25) is 4.90 Å². The normalized spacial score (nSPS) is 17.3. The van der Waals surface area contributed by atoms with Crippen molar-refractivity contribution in [2.45, 2.75) is 51.8 Å². The van der Waals surface area contributed by atoms with Crippen LogP contribution in [0.15, 0.2) is 22.9 Å². The Morgan fingerprint density at radius 1 is 1.45 bits per heavy atom. The molecule has 5 nitrogen and oxygen atoms in total. The maximum absolute atomic E-state index is 11.8. The number of nitrogens with one attached hydrogen (secondary N) is 1. The molecule has 1 aliphatic heterocycles. The van der Waals surface area contributed by atoms with Crippen LogP contribution in [0.2, 0.25) is 0 Å². The van der Waals surface area contributed by atoms with E-state index in [4.69, 9.17) is 4.74 Å². The highest BCUT2D eigenvalue weighted by Crippen LogP contribution is 2.16. The van der Waals surface area contributed by atoms with Gasteiger partial charge in [0.05, 0.1) is 0 Å². The Kier molecular flexibility index (Phi) is 5.81. The van der Waals surface area contributed by atoms with Crippen LogP contribution in [0.1, 0.15) is 39.2 Å². The van der Waals surface area contributed by atoms with Crippen molar-refractivity contribution in [1.82, 2.24) is 15.2 Å². The minimum atomic E-state index is -0.445. The van der Waals surface area contributed by atoms with Gasteiger partial charge in [-0.1, -0.05) is 0 Å². The molecule has 0 radical (unpaired) electrons. The zero-order valence-electron chi connectivity index (χ0n) is 13.4. The molecule has 1 N–H and O–H groups in total. The number of aromatic nitrogens is 1. The van der Waals surface area contributed by atoms with Gasteiger partial charge in [-0.2, -0.15) is 0 Å². The predicted molar refractivity (Wildman–Crippen MR) is 89.6 cm³/mol. The van der Waals surface area contributed by atoms with Crippen molar-refractivity contribution in [2.75, 3.05) is 13.1 Å². The maximum atomic E-state index is 11.8. The number of nitrogens with zero attached hydrogens (tertiary/aromatic N) is 2. The standard InChI is InChI=1S/C16H24BrN3O2/c1-16(2,3)22-15(21)19-13-5-8-20(9-6-13)11-12-4-7-18-14(17)10-12/h4,7,10,13H,5-6,8-9,11H2,1-3H3,(H,19,21). The second-order valence-electron chi connectivity index (χ2n) is 6.68. The van der Waals surface area contributed by atoms with Gasteiger partial charge in [-0.05, 0) is 67.2 Å². The lowest BCUT2D eigenvalue weighted by Crippen LogP contribution is -2.45. The van der Waals surface area contributed by atoms with E-state index in [2.05, 4.69) is 31.1 Å². The van der Waals surface area contributed by atoms with Crippen LogP contribution in [0.4, 0.5) is 4.79 Å². The summed E-state index contributed by atoms with van der Waals surface area (Å²) in [6.45, 7) is 8.49. The molecule has 0 saturated carbocycles. The number of pyridine rings is 1. The number of likely N-dealkylation sites (tertiary alicyclic amines) is 1. The van der Waals surface area contributed by atoms with Gasteiger partial charge in [0, 0.05) is 31.9 Å². The van der Waals surface area contributed by atoms with Crippen molar-refractivity contribution >= 4 is 22.0 Å². The number of hydrogen-bond acceptors (Lipinski definition) is 4. The van der Waals surface area contributed by atoms with Crippen LogP contribution in [0.25, 0.3) is 0 Å². The molecular weight excluding hydrogens is 346 g/mol. The van der Waals surface area contributed by atoms with Gasteiger partial charge in [-0.15, -0.1) is 0 Å². The molecule has 1 aliphatic rings. The summed E-state index contributed by atoms with van der Waals surface area (Å²) in [6.07, 6.45) is 3.40. The van der Waals surface area contributed by atoms with Crippen molar-refractivity contribution < 1.29 is 9.53 Å². The number of halogens is 1. The van der Waals surface area contributed by atoms with Crippen LogP contribution in [0, 0.1) is 0 Å². The number of ether oxygens (including phenoxy) is 1. The average Bonchev–Trinajstić information content (AvgIpc) is 2.39. The summed E-state index contributed by atoms with van der Waals surface area (Å²) in [4.78, 5) is 18.3. The fraction of sp³-hybridized carbons (Fsp3) is 0.625. The molecule has 0 aliphatic carbocycles. The molecule has 1 aromatic rings. The number of amides is 1. The average molecular weight is 370 g/mol. The SMILES string of the molecule is CC(C)(C)OC(=O)NC1CCN(Cc2ccnc(Br)c2)CC1. The lowest BCUT2D eigenvalue weighted by atomic mass is 10.0. The summed E-state index contributed by atoms with van der Waals surface area (Å²) >= 11 is 3.40. The van der Waals surface area contributed by atoms with Crippen LogP contribution in [-0.4, -0.2) is 40.7 Å². The third kappa shape index (κ3) is 5.93. The lowest BCUT2D eigenvalue weighted by Gasteiger charge is -2.32. The number of alkyl carbamates (subject to hydrolysis) is 1. The lowest BCUT2D eigenvalue weighted by molar-refractivity contribution is 0.0477. The first-order valence-corrected chi connectivity index (χ1v) is 8.43. The van der Waals surface area contributed by atoms with Crippen molar-refractivity contribution in [3.05, 3.63) is 28.5 Å². The molecule has 1 amide bonds. The molecule has 6 heteroatoms. The first-order valence-electron chi connectivity index (χ1n) is 7.64. The van der Waals surface area contributed by atoms with E-state index in [9.17, 15) is 4.79 Å². The number of rotatable bonds is 3. The van der Waals surface area contributed by atoms with Gasteiger partial charge < -0.3 is 10.1 Å². The summed E-state index contributed by atoms with van der Waals surface area (Å²) in [5, 5.41) is 2.96. The second-order valence-corrected chi connectivity index (χ2v) is 7.50. The number of piperidine rings is 1. The Labute approximate surface area is 140 Å². The molecule has 122 valence electrons. The Bertz CT molecular complexity index is 508. The van der Waals surface area contributed by atoms with Crippen LogP contribution in [-0.2, 0) is 11.3 Å². The first kappa shape index (κ1) is 17.2. The van der Waals surface area contributed by atoms with Crippen molar-refractivity contribution in [1.29, 1.82) is 0 Å². The van der Waals surface area contributed by atoms with E-state index in [0.29, 0.717) is 0 Å². The van der Waals surface area contributed by atoms with Crippen LogP contribution < -0.4 is 5.32 Å². The van der Waals surface area contributed by atoms with Crippen molar-refractivity contribution in [2.24, 2.45) is 0 Å².